The van der Waals surface area contributed by atoms with E-state index in [4.69, 9.17) is 40.5 Å². The fraction of sp³-hybridized carbons (Fsp3) is 0.286. The molecule has 37 heavy (non-hydrogen) atoms. The van der Waals surface area contributed by atoms with Crippen molar-refractivity contribution in [2.45, 2.75) is 45.8 Å². The van der Waals surface area contributed by atoms with Crippen molar-refractivity contribution in [2.24, 2.45) is 5.73 Å². The summed E-state index contributed by atoms with van der Waals surface area (Å²) < 4.78 is 0. The summed E-state index contributed by atoms with van der Waals surface area (Å²) in [7, 11) is 0. The molecular weight excluding hydrogens is 531 g/mol. The van der Waals surface area contributed by atoms with Crippen molar-refractivity contribution in [3.63, 3.8) is 0 Å². The summed E-state index contributed by atoms with van der Waals surface area (Å²) in [5, 5.41) is 4.22. The molecule has 1 heterocycles. The molecule has 0 saturated heterocycles. The van der Waals surface area contributed by atoms with E-state index in [2.05, 4.69) is 11.4 Å². The number of anilines is 2. The number of amides is 3. The molecule has 0 aromatic heterocycles. The van der Waals surface area contributed by atoms with E-state index in [1.807, 2.05) is 62.9 Å². The summed E-state index contributed by atoms with van der Waals surface area (Å²) in [6, 6.07) is 16.4. The Morgan fingerprint density at radius 1 is 1.03 bits per heavy atom. The topological polar surface area (TPSA) is 78.7 Å². The highest BCUT2D eigenvalue weighted by atomic mass is 35.5. The Labute approximate surface area is 232 Å². The lowest BCUT2D eigenvalue weighted by molar-refractivity contribution is -0.121. The van der Waals surface area contributed by atoms with Gasteiger partial charge in [-0.25, -0.2) is 4.79 Å². The van der Waals surface area contributed by atoms with Gasteiger partial charge < -0.3 is 11.1 Å². The Kier molecular flexibility index (Phi) is 7.77. The van der Waals surface area contributed by atoms with Crippen LogP contribution in [-0.4, -0.2) is 29.4 Å². The minimum Gasteiger partial charge on any atom is -0.369 e. The van der Waals surface area contributed by atoms with Gasteiger partial charge in [-0.3, -0.25) is 14.6 Å². The van der Waals surface area contributed by atoms with Crippen molar-refractivity contribution < 1.29 is 9.59 Å². The second-order valence-corrected chi connectivity index (χ2v) is 11.0. The van der Waals surface area contributed by atoms with Gasteiger partial charge in [0, 0.05) is 34.3 Å². The number of benzene rings is 3. The lowest BCUT2D eigenvalue weighted by atomic mass is 9.85. The number of nitrogens with two attached hydrogens (primary N) is 1. The van der Waals surface area contributed by atoms with Crippen LogP contribution in [-0.2, 0) is 16.9 Å². The molecule has 0 radical (unpaired) electrons. The van der Waals surface area contributed by atoms with Crippen LogP contribution in [0.5, 0.6) is 0 Å². The van der Waals surface area contributed by atoms with Crippen molar-refractivity contribution in [3.8, 4) is 11.1 Å². The Balaban J connectivity index is 2.05. The first kappa shape index (κ1) is 27.3. The van der Waals surface area contributed by atoms with Crippen LogP contribution in [0, 0.1) is 0 Å². The van der Waals surface area contributed by atoms with Crippen molar-refractivity contribution in [1.29, 1.82) is 0 Å². The third-order valence-electron chi connectivity index (χ3n) is 6.79. The second-order valence-electron chi connectivity index (χ2n) is 9.81. The molecule has 6 nitrogen and oxygen atoms in total. The standard InChI is InChI=1S/C28H29Cl3N4O2/c1-16(2)34(15-25(32)36)28(3,4)17-12-19(18-8-5-6-9-21(18)29)20-14-33-27(37)35(24(20)13-17)26-22(30)10-7-11-23(26)31/h5-13,16H,14-15H2,1-4H3,(H2,32,36)(H,33,37). The minimum atomic E-state index is -0.641. The van der Waals surface area contributed by atoms with Crippen LogP contribution < -0.4 is 16.0 Å². The van der Waals surface area contributed by atoms with Gasteiger partial charge in [-0.1, -0.05) is 59.1 Å². The first-order valence-electron chi connectivity index (χ1n) is 11.9. The van der Waals surface area contributed by atoms with E-state index in [9.17, 15) is 9.59 Å². The maximum atomic E-state index is 13.3. The molecule has 0 unspecified atom stereocenters. The Morgan fingerprint density at radius 2 is 1.65 bits per heavy atom. The predicted octanol–water partition coefficient (Wildman–Crippen LogP) is 7.11. The third kappa shape index (κ3) is 5.16. The monoisotopic (exact) mass is 558 g/mol. The molecule has 0 spiro atoms. The molecule has 3 aromatic rings. The van der Waals surface area contributed by atoms with Gasteiger partial charge in [0.2, 0.25) is 5.91 Å². The number of primary amides is 1. The quantitative estimate of drug-likeness (QED) is 0.324. The van der Waals surface area contributed by atoms with Crippen LogP contribution in [0.3, 0.4) is 0 Å². The highest BCUT2D eigenvalue weighted by molar-refractivity contribution is 6.40. The molecule has 0 saturated carbocycles. The Morgan fingerprint density at radius 3 is 2.24 bits per heavy atom. The van der Waals surface area contributed by atoms with E-state index < -0.39 is 11.4 Å². The van der Waals surface area contributed by atoms with Crippen LogP contribution in [0.4, 0.5) is 16.2 Å². The van der Waals surface area contributed by atoms with Crippen molar-refractivity contribution >= 4 is 58.1 Å². The zero-order valence-electron chi connectivity index (χ0n) is 21.1. The van der Waals surface area contributed by atoms with Crippen LogP contribution in [0.1, 0.15) is 38.8 Å². The summed E-state index contributed by atoms with van der Waals surface area (Å²) in [6.45, 7) is 8.46. The average molecular weight is 560 g/mol. The lowest BCUT2D eigenvalue weighted by Gasteiger charge is -2.42. The van der Waals surface area contributed by atoms with E-state index in [1.54, 1.807) is 18.2 Å². The van der Waals surface area contributed by atoms with Crippen molar-refractivity contribution in [2.75, 3.05) is 11.4 Å². The van der Waals surface area contributed by atoms with Crippen molar-refractivity contribution in [3.05, 3.63) is 80.8 Å². The summed E-state index contributed by atoms with van der Waals surface area (Å²) in [6.07, 6.45) is 0. The summed E-state index contributed by atoms with van der Waals surface area (Å²) in [4.78, 5) is 28.9. The Hall–Kier alpha value is -2.77. The molecule has 0 bridgehead atoms. The van der Waals surface area contributed by atoms with E-state index in [1.165, 1.54) is 4.90 Å². The zero-order chi connectivity index (χ0) is 27.1. The van der Waals surface area contributed by atoms with Gasteiger partial charge in [0.1, 0.15) is 0 Å². The van der Waals surface area contributed by atoms with Gasteiger partial charge in [-0.05, 0) is 69.2 Å². The number of hydrogen-bond donors (Lipinski definition) is 2. The summed E-state index contributed by atoms with van der Waals surface area (Å²) >= 11 is 19.8. The molecule has 3 amide bonds. The molecule has 1 aliphatic heterocycles. The number of hydrogen-bond acceptors (Lipinski definition) is 3. The van der Waals surface area contributed by atoms with Crippen molar-refractivity contribution in [1.82, 2.24) is 10.2 Å². The van der Waals surface area contributed by atoms with Crippen LogP contribution in [0.15, 0.2) is 54.6 Å². The molecule has 194 valence electrons. The van der Waals surface area contributed by atoms with E-state index >= 15 is 0 Å². The molecule has 0 fully saturated rings. The number of urea groups is 1. The number of nitrogens with one attached hydrogen (secondary N) is 1. The molecular formula is C28H29Cl3N4O2. The molecule has 1 aliphatic rings. The van der Waals surface area contributed by atoms with Crippen LogP contribution in [0.2, 0.25) is 15.1 Å². The first-order valence-corrected chi connectivity index (χ1v) is 13.1. The molecule has 0 atom stereocenters. The van der Waals surface area contributed by atoms with Gasteiger partial charge >= 0.3 is 6.03 Å². The first-order chi connectivity index (χ1) is 17.4. The SMILES string of the molecule is CC(C)N(CC(N)=O)C(C)(C)c1cc(-c2ccccc2Cl)c2c(c1)N(c1c(Cl)cccc1Cl)C(=O)NC2. The van der Waals surface area contributed by atoms with Gasteiger partial charge in [0.15, 0.2) is 0 Å². The average Bonchev–Trinajstić information content (AvgIpc) is 2.83. The van der Waals surface area contributed by atoms with E-state index in [-0.39, 0.29) is 18.6 Å². The molecule has 3 aromatic carbocycles. The number of nitrogens with zero attached hydrogens (tertiary/aromatic N) is 2. The number of para-hydroxylation sites is 1. The number of carbonyl (C=O) groups excluding carboxylic acids is 2. The maximum absolute atomic E-state index is 13.3. The fourth-order valence-corrected chi connectivity index (χ4v) is 5.76. The highest BCUT2D eigenvalue weighted by Crippen LogP contribution is 2.46. The van der Waals surface area contributed by atoms with Crippen LogP contribution in [0.25, 0.3) is 11.1 Å². The number of carbonyl (C=O) groups is 2. The second kappa shape index (κ2) is 10.5. The molecule has 9 heteroatoms. The number of rotatable bonds is 7. The summed E-state index contributed by atoms with van der Waals surface area (Å²) in [5.74, 6) is -0.421. The maximum Gasteiger partial charge on any atom is 0.326 e. The van der Waals surface area contributed by atoms with E-state index in [0.717, 1.165) is 22.3 Å². The fourth-order valence-electron chi connectivity index (χ4n) is 4.95. The zero-order valence-corrected chi connectivity index (χ0v) is 23.4. The predicted molar refractivity (Wildman–Crippen MR) is 152 cm³/mol. The lowest BCUT2D eigenvalue weighted by Crippen LogP contribution is -2.50. The number of halogens is 3. The van der Waals surface area contributed by atoms with Gasteiger partial charge in [0.05, 0.1) is 28.0 Å². The molecule has 4 rings (SSSR count). The number of fused-ring (bicyclic) bond motifs is 1. The normalized spacial score (nSPS) is 13.6. The van der Waals surface area contributed by atoms with Crippen LogP contribution >= 0.6 is 34.8 Å². The molecule has 3 N–H and O–H groups in total. The largest absolute Gasteiger partial charge is 0.369 e. The minimum absolute atomic E-state index is 0.0136. The smallest absolute Gasteiger partial charge is 0.326 e. The third-order valence-corrected chi connectivity index (χ3v) is 7.73. The van der Waals surface area contributed by atoms with Gasteiger partial charge in [-0.15, -0.1) is 0 Å². The van der Waals surface area contributed by atoms with E-state index in [0.29, 0.717) is 33.0 Å². The van der Waals surface area contributed by atoms with Gasteiger partial charge in [-0.2, -0.15) is 0 Å². The highest BCUT2D eigenvalue weighted by Gasteiger charge is 2.36. The molecule has 0 aliphatic carbocycles. The van der Waals surface area contributed by atoms with Gasteiger partial charge in [0.25, 0.3) is 0 Å². The Bertz CT molecular complexity index is 1350. The summed E-state index contributed by atoms with van der Waals surface area (Å²) in [5.41, 5.74) is 9.44.